The summed E-state index contributed by atoms with van der Waals surface area (Å²) in [5.41, 5.74) is 3.35. The first-order valence-corrected chi connectivity index (χ1v) is 10.6. The molecule has 1 saturated heterocycles. The average Bonchev–Trinajstić information content (AvgIpc) is 2.77. The molecule has 0 radical (unpaired) electrons. The van der Waals surface area contributed by atoms with Crippen molar-refractivity contribution in [2.75, 3.05) is 42.5 Å². The molecular weight excluding hydrogens is 366 g/mol. The Balaban J connectivity index is 1.24. The molecule has 7 nitrogen and oxygen atoms in total. The van der Waals surface area contributed by atoms with E-state index in [1.54, 1.807) is 12.3 Å². The number of anilines is 2. The van der Waals surface area contributed by atoms with Gasteiger partial charge in [0.15, 0.2) is 0 Å². The van der Waals surface area contributed by atoms with Gasteiger partial charge in [0.05, 0.1) is 17.8 Å². The number of benzene rings is 1. The van der Waals surface area contributed by atoms with Gasteiger partial charge in [-0.1, -0.05) is 18.2 Å². The van der Waals surface area contributed by atoms with Crippen molar-refractivity contribution in [3.8, 4) is 0 Å². The third-order valence-electron chi connectivity index (χ3n) is 5.92. The SMILES string of the molecule is O=C(NCCCN1CCCc2ccccc21)C1CCCN(c2cn[nH]c(=O)c2)C1. The minimum Gasteiger partial charge on any atom is -0.371 e. The summed E-state index contributed by atoms with van der Waals surface area (Å²) in [7, 11) is 0. The van der Waals surface area contributed by atoms with E-state index < -0.39 is 0 Å². The van der Waals surface area contributed by atoms with E-state index in [1.807, 2.05) is 0 Å². The molecule has 3 heterocycles. The highest BCUT2D eigenvalue weighted by atomic mass is 16.2. The van der Waals surface area contributed by atoms with Crippen LogP contribution in [0.2, 0.25) is 0 Å². The molecule has 154 valence electrons. The molecule has 2 N–H and O–H groups in total. The second kappa shape index (κ2) is 9.11. The summed E-state index contributed by atoms with van der Waals surface area (Å²) in [6.45, 7) is 4.24. The number of aromatic amines is 1. The lowest BCUT2D eigenvalue weighted by Crippen LogP contribution is -2.44. The van der Waals surface area contributed by atoms with Gasteiger partial charge >= 0.3 is 0 Å². The molecule has 1 aromatic carbocycles. The zero-order valence-electron chi connectivity index (χ0n) is 16.8. The van der Waals surface area contributed by atoms with E-state index in [0.717, 1.165) is 51.0 Å². The summed E-state index contributed by atoms with van der Waals surface area (Å²) in [4.78, 5) is 28.7. The van der Waals surface area contributed by atoms with Gasteiger partial charge in [-0.05, 0) is 43.7 Å². The molecule has 0 spiro atoms. The predicted molar refractivity (Wildman–Crippen MR) is 114 cm³/mol. The third-order valence-corrected chi connectivity index (χ3v) is 5.92. The quantitative estimate of drug-likeness (QED) is 0.731. The molecule has 1 fully saturated rings. The number of hydrogen-bond donors (Lipinski definition) is 2. The fraction of sp³-hybridized carbons (Fsp3) is 0.500. The molecular formula is C22H29N5O2. The van der Waals surface area contributed by atoms with Crippen LogP contribution in [0.15, 0.2) is 41.3 Å². The van der Waals surface area contributed by atoms with Crippen molar-refractivity contribution in [1.82, 2.24) is 15.5 Å². The van der Waals surface area contributed by atoms with Crippen LogP contribution in [-0.4, -0.2) is 48.8 Å². The van der Waals surface area contributed by atoms with Gasteiger partial charge in [0.1, 0.15) is 0 Å². The van der Waals surface area contributed by atoms with Gasteiger partial charge in [-0.2, -0.15) is 5.10 Å². The Morgan fingerprint density at radius 1 is 1.24 bits per heavy atom. The number of aryl methyl sites for hydroxylation is 1. The Morgan fingerprint density at radius 3 is 3.03 bits per heavy atom. The molecule has 0 saturated carbocycles. The maximum atomic E-state index is 12.7. The Kier molecular flexibility index (Phi) is 6.12. The Hall–Kier alpha value is -2.83. The van der Waals surface area contributed by atoms with Crippen LogP contribution in [0.4, 0.5) is 11.4 Å². The van der Waals surface area contributed by atoms with Crippen molar-refractivity contribution >= 4 is 17.3 Å². The lowest BCUT2D eigenvalue weighted by Gasteiger charge is -2.33. The van der Waals surface area contributed by atoms with E-state index in [1.165, 1.54) is 17.7 Å². The molecule has 1 unspecified atom stereocenters. The largest absolute Gasteiger partial charge is 0.371 e. The highest BCUT2D eigenvalue weighted by Crippen LogP contribution is 2.26. The van der Waals surface area contributed by atoms with Gasteiger partial charge in [0.2, 0.25) is 5.91 Å². The molecule has 0 bridgehead atoms. The number of H-pyrrole nitrogens is 1. The fourth-order valence-electron chi connectivity index (χ4n) is 4.43. The number of nitrogens with one attached hydrogen (secondary N) is 2. The van der Waals surface area contributed by atoms with Crippen molar-refractivity contribution in [3.05, 3.63) is 52.4 Å². The number of hydrogen-bond acceptors (Lipinski definition) is 5. The van der Waals surface area contributed by atoms with Crippen LogP contribution in [0.3, 0.4) is 0 Å². The zero-order valence-corrected chi connectivity index (χ0v) is 16.8. The van der Waals surface area contributed by atoms with Crippen molar-refractivity contribution in [2.24, 2.45) is 5.92 Å². The smallest absolute Gasteiger partial charge is 0.266 e. The summed E-state index contributed by atoms with van der Waals surface area (Å²) in [5, 5.41) is 9.39. The van der Waals surface area contributed by atoms with Crippen molar-refractivity contribution in [2.45, 2.75) is 32.1 Å². The van der Waals surface area contributed by atoms with Gasteiger partial charge < -0.3 is 15.1 Å². The number of carbonyl (C=O) groups is 1. The van der Waals surface area contributed by atoms with E-state index in [-0.39, 0.29) is 17.4 Å². The molecule has 7 heteroatoms. The van der Waals surface area contributed by atoms with Crippen LogP contribution in [0, 0.1) is 5.92 Å². The van der Waals surface area contributed by atoms with Crippen LogP contribution in [0.25, 0.3) is 0 Å². The molecule has 0 aliphatic carbocycles. The zero-order chi connectivity index (χ0) is 20.1. The summed E-state index contributed by atoms with van der Waals surface area (Å²) in [6, 6.07) is 10.2. The van der Waals surface area contributed by atoms with E-state index in [2.05, 4.69) is 49.6 Å². The number of rotatable bonds is 6. The molecule has 1 amide bonds. The summed E-state index contributed by atoms with van der Waals surface area (Å²) < 4.78 is 0. The molecule has 1 atom stereocenters. The summed E-state index contributed by atoms with van der Waals surface area (Å²) in [6.07, 6.45) is 6.77. The third kappa shape index (κ3) is 4.78. The highest BCUT2D eigenvalue weighted by molar-refractivity contribution is 5.79. The Labute approximate surface area is 171 Å². The van der Waals surface area contributed by atoms with Crippen molar-refractivity contribution in [1.29, 1.82) is 0 Å². The number of para-hydroxylation sites is 1. The van der Waals surface area contributed by atoms with E-state index in [4.69, 9.17) is 0 Å². The van der Waals surface area contributed by atoms with E-state index in [0.29, 0.717) is 13.1 Å². The van der Waals surface area contributed by atoms with Crippen molar-refractivity contribution < 1.29 is 4.79 Å². The monoisotopic (exact) mass is 395 g/mol. The molecule has 4 rings (SSSR count). The topological polar surface area (TPSA) is 81.3 Å². The van der Waals surface area contributed by atoms with E-state index in [9.17, 15) is 9.59 Å². The van der Waals surface area contributed by atoms with E-state index >= 15 is 0 Å². The first-order chi connectivity index (χ1) is 14.2. The summed E-state index contributed by atoms with van der Waals surface area (Å²) in [5.74, 6) is 0.0743. The van der Waals surface area contributed by atoms with Crippen LogP contribution >= 0.6 is 0 Å². The second-order valence-electron chi connectivity index (χ2n) is 7.95. The Morgan fingerprint density at radius 2 is 2.14 bits per heavy atom. The number of nitrogens with zero attached hydrogens (tertiary/aromatic N) is 3. The number of carbonyl (C=O) groups excluding carboxylic acids is 1. The minimum atomic E-state index is -0.214. The minimum absolute atomic E-state index is 0.0428. The van der Waals surface area contributed by atoms with Gasteiger partial charge in [0, 0.05) is 44.5 Å². The highest BCUT2D eigenvalue weighted by Gasteiger charge is 2.26. The van der Waals surface area contributed by atoms with Crippen LogP contribution in [0.5, 0.6) is 0 Å². The second-order valence-corrected chi connectivity index (χ2v) is 7.95. The van der Waals surface area contributed by atoms with Crippen molar-refractivity contribution in [3.63, 3.8) is 0 Å². The number of amides is 1. The predicted octanol–water partition coefficient (Wildman–Crippen LogP) is 1.95. The number of piperidine rings is 1. The first-order valence-electron chi connectivity index (χ1n) is 10.6. The standard InChI is InChI=1S/C22H29N5O2/c28-21-14-19(15-24-25-21)27-12-4-8-18(16-27)22(29)23-10-5-13-26-11-3-7-17-6-1-2-9-20(17)26/h1-2,6,9,14-15,18H,3-5,7-8,10-13,16H2,(H,23,29)(H,25,28). The molecule has 29 heavy (non-hydrogen) atoms. The normalized spacial score (nSPS) is 19.0. The molecule has 1 aromatic heterocycles. The van der Waals surface area contributed by atoms with Gasteiger partial charge in [0.25, 0.3) is 5.56 Å². The average molecular weight is 396 g/mol. The molecule has 2 aromatic rings. The lowest BCUT2D eigenvalue weighted by atomic mass is 9.96. The lowest BCUT2D eigenvalue weighted by molar-refractivity contribution is -0.125. The van der Waals surface area contributed by atoms with Crippen LogP contribution in [0.1, 0.15) is 31.2 Å². The molecule has 2 aliphatic heterocycles. The first kappa shape index (κ1) is 19.5. The Bertz CT molecular complexity index is 897. The van der Waals surface area contributed by atoms with Gasteiger partial charge in [-0.3, -0.25) is 9.59 Å². The fourth-order valence-corrected chi connectivity index (χ4v) is 4.43. The van der Waals surface area contributed by atoms with Gasteiger partial charge in [-0.15, -0.1) is 0 Å². The van der Waals surface area contributed by atoms with Gasteiger partial charge in [-0.25, -0.2) is 5.10 Å². The van der Waals surface area contributed by atoms with Crippen LogP contribution < -0.4 is 20.7 Å². The van der Waals surface area contributed by atoms with Crippen LogP contribution in [-0.2, 0) is 11.2 Å². The maximum absolute atomic E-state index is 12.7. The number of aromatic nitrogens is 2. The molecule has 2 aliphatic rings. The maximum Gasteiger partial charge on any atom is 0.266 e. The summed E-state index contributed by atoms with van der Waals surface area (Å²) >= 11 is 0. The number of fused-ring (bicyclic) bond motifs is 1.